The Morgan fingerprint density at radius 3 is 1.12 bits per heavy atom. The Balaban J connectivity index is 0. The van der Waals surface area contributed by atoms with E-state index in [0.29, 0.717) is 0 Å². The highest BCUT2D eigenvalue weighted by Gasteiger charge is 1.92. The molecule has 5 N–H and O–H groups in total. The van der Waals surface area contributed by atoms with Crippen molar-refractivity contribution in [2.24, 2.45) is 0 Å². The van der Waals surface area contributed by atoms with Crippen molar-refractivity contribution >= 4 is 26.2 Å². The van der Waals surface area contributed by atoms with Gasteiger partial charge in [-0.15, -0.1) is 0 Å². The molecule has 0 fully saturated rings. The van der Waals surface area contributed by atoms with Gasteiger partial charge in [-0.2, -0.15) is 0 Å². The minimum atomic E-state index is -3.81. The third-order valence-electron chi connectivity index (χ3n) is 0. The third kappa shape index (κ3) is 747. The van der Waals surface area contributed by atoms with E-state index in [1.165, 1.54) is 0 Å². The van der Waals surface area contributed by atoms with E-state index in [-0.39, 0.29) is 0 Å². The van der Waals surface area contributed by atoms with E-state index in [2.05, 4.69) is 11.8 Å². The fraction of sp³-hybridized carbons (Fsp3) is 0. The van der Waals surface area contributed by atoms with Crippen molar-refractivity contribution in [2.45, 2.75) is 0 Å². The minimum Gasteiger partial charge on any atom is -0.430 e. The van der Waals surface area contributed by atoms with Gasteiger partial charge in [-0.25, -0.2) is 0 Å². The predicted molar refractivity (Wildman–Crippen MR) is 32.5 cm³/mol. The lowest BCUT2D eigenvalue weighted by molar-refractivity contribution is 0.363. The van der Waals surface area contributed by atoms with Crippen molar-refractivity contribution in [2.75, 3.05) is 0 Å². The molecule has 0 aromatic heterocycles. The monoisotopic (exact) mass is 160 g/mol. The zero-order chi connectivity index (χ0) is 7.21. The Morgan fingerprint density at radius 1 is 1.12 bits per heavy atom. The molecule has 0 aromatic rings. The summed E-state index contributed by atoms with van der Waals surface area (Å²) >= 11 is 3.60. The van der Waals surface area contributed by atoms with E-state index >= 15 is 0 Å². The highest BCUT2D eigenvalue weighted by atomic mass is 32.5. The first-order valence-corrected chi connectivity index (χ1v) is 4.08. The fourth-order valence-electron chi connectivity index (χ4n) is 0. The molecule has 0 spiro atoms. The normalized spacial score (nSPS) is 9.12. The van der Waals surface area contributed by atoms with Crippen LogP contribution >= 0.6 is 6.72 Å². The fourth-order valence-corrected chi connectivity index (χ4v) is 0. The predicted octanol–water partition coefficient (Wildman–Crippen LogP) is -2.57. The van der Waals surface area contributed by atoms with Crippen molar-refractivity contribution in [1.29, 1.82) is 0 Å². The molecule has 8 heteroatoms. The third-order valence-corrected chi connectivity index (χ3v) is 0. The molecule has 0 saturated heterocycles. The summed E-state index contributed by atoms with van der Waals surface area (Å²) in [4.78, 5) is 22.7. The van der Waals surface area contributed by atoms with Gasteiger partial charge in [-0.1, -0.05) is 0 Å². The smallest absolute Gasteiger partial charge is 0.430 e. The quantitative estimate of drug-likeness (QED) is 0.197. The maximum absolute atomic E-state index is 7.56. The van der Waals surface area contributed by atoms with E-state index < -0.39 is 14.4 Å². The van der Waals surface area contributed by atoms with Crippen LogP contribution in [0.3, 0.4) is 0 Å². The Kier molecular flexibility index (Phi) is 8.00. The molecular weight excluding hydrogens is 154 g/mol. The SMILES string of the molecule is OBO.OP(O)(O)=S. The number of rotatable bonds is 0. The van der Waals surface area contributed by atoms with Crippen LogP contribution in [0.4, 0.5) is 0 Å². The molecule has 0 unspecified atom stereocenters. The lowest BCUT2D eigenvalue weighted by Gasteiger charge is -1.88. The maximum Gasteiger partial charge on any atom is 0.432 e. The molecule has 0 rings (SSSR count). The Labute approximate surface area is 51.8 Å². The van der Waals surface area contributed by atoms with E-state index in [9.17, 15) is 0 Å². The maximum atomic E-state index is 7.56. The standard InChI is InChI=1S/BH3O2.H3O3PS/c2-1-3;1-4(2,3)5/h1-3H;(H3,1,2,3,5). The zero-order valence-electron chi connectivity index (χ0n) is 3.80. The molecule has 5 nitrogen and oxygen atoms in total. The summed E-state index contributed by atoms with van der Waals surface area (Å²) in [7, 11) is -0.750. The van der Waals surface area contributed by atoms with Crippen LogP contribution < -0.4 is 0 Å². The van der Waals surface area contributed by atoms with Crippen molar-refractivity contribution in [3.63, 3.8) is 0 Å². The second kappa shape index (κ2) is 5.65. The summed E-state index contributed by atoms with van der Waals surface area (Å²) < 4.78 is 0. The van der Waals surface area contributed by atoms with Gasteiger partial charge < -0.3 is 24.7 Å². The van der Waals surface area contributed by atoms with Crippen molar-refractivity contribution in [3.05, 3.63) is 0 Å². The largest absolute Gasteiger partial charge is 0.432 e. The summed E-state index contributed by atoms with van der Waals surface area (Å²) in [5, 5.41) is 14.2. The van der Waals surface area contributed by atoms with E-state index in [0.717, 1.165) is 0 Å². The molecule has 0 aliphatic rings. The van der Waals surface area contributed by atoms with Crippen LogP contribution in [-0.2, 0) is 11.8 Å². The van der Waals surface area contributed by atoms with E-state index in [1.807, 2.05) is 0 Å². The van der Waals surface area contributed by atoms with Gasteiger partial charge in [0.25, 0.3) is 0 Å². The van der Waals surface area contributed by atoms with E-state index in [1.54, 1.807) is 0 Å². The highest BCUT2D eigenvalue weighted by Crippen LogP contribution is 2.26. The summed E-state index contributed by atoms with van der Waals surface area (Å²) in [6.45, 7) is -3.81. The van der Waals surface area contributed by atoms with Crippen LogP contribution in [-0.4, -0.2) is 32.4 Å². The number of hydrogen-bond donors (Lipinski definition) is 5. The molecule has 0 amide bonds. The first-order chi connectivity index (χ1) is 3.41. The number of hydrogen-bond acceptors (Lipinski definition) is 3. The van der Waals surface area contributed by atoms with Crippen LogP contribution in [0.15, 0.2) is 0 Å². The van der Waals surface area contributed by atoms with Crippen molar-refractivity contribution < 1.29 is 24.7 Å². The first-order valence-electron chi connectivity index (χ1n) is 1.42. The molecule has 0 saturated carbocycles. The molecule has 50 valence electrons. The van der Waals surface area contributed by atoms with Gasteiger partial charge in [-0.05, 0) is 11.8 Å². The highest BCUT2D eigenvalue weighted by molar-refractivity contribution is 8.06. The topological polar surface area (TPSA) is 101 Å². The summed E-state index contributed by atoms with van der Waals surface area (Å²) in [5.41, 5.74) is 0. The second-order valence-electron chi connectivity index (χ2n) is 0.655. The molecule has 0 bridgehead atoms. The summed E-state index contributed by atoms with van der Waals surface area (Å²) in [6.07, 6.45) is 0. The molecule has 8 heavy (non-hydrogen) atoms. The van der Waals surface area contributed by atoms with Gasteiger partial charge in [0.2, 0.25) is 0 Å². The Morgan fingerprint density at radius 2 is 1.12 bits per heavy atom. The minimum absolute atomic E-state index is 0.750. The molecular formula is H6BO5PS. The lowest BCUT2D eigenvalue weighted by atomic mass is 10.5. The lowest BCUT2D eigenvalue weighted by Crippen LogP contribution is -1.75. The van der Waals surface area contributed by atoms with Crippen LogP contribution in [0.1, 0.15) is 0 Å². The van der Waals surface area contributed by atoms with Gasteiger partial charge in [0.1, 0.15) is 0 Å². The molecule has 0 aromatic carbocycles. The first kappa shape index (κ1) is 11.3. The Hall–Kier alpha value is 0.515. The van der Waals surface area contributed by atoms with Crippen molar-refractivity contribution in [1.82, 2.24) is 0 Å². The Bertz CT molecular complexity index is 68.2. The van der Waals surface area contributed by atoms with Gasteiger partial charge >= 0.3 is 14.4 Å². The summed E-state index contributed by atoms with van der Waals surface area (Å²) in [6, 6.07) is 0. The van der Waals surface area contributed by atoms with Crippen LogP contribution in [0.2, 0.25) is 0 Å². The average molecular weight is 160 g/mol. The molecule has 0 radical (unpaired) electrons. The molecule has 0 aliphatic heterocycles. The van der Waals surface area contributed by atoms with E-state index in [4.69, 9.17) is 24.7 Å². The van der Waals surface area contributed by atoms with Gasteiger partial charge in [0, 0.05) is 0 Å². The van der Waals surface area contributed by atoms with Crippen LogP contribution in [0.5, 0.6) is 0 Å². The van der Waals surface area contributed by atoms with Crippen LogP contribution in [0, 0.1) is 0 Å². The molecule has 0 heterocycles. The second-order valence-corrected chi connectivity index (χ2v) is 3.15. The van der Waals surface area contributed by atoms with Gasteiger partial charge in [0.15, 0.2) is 0 Å². The van der Waals surface area contributed by atoms with Crippen LogP contribution in [0.25, 0.3) is 0 Å². The van der Waals surface area contributed by atoms with Gasteiger partial charge in [-0.3, -0.25) is 0 Å². The van der Waals surface area contributed by atoms with Gasteiger partial charge in [0.05, 0.1) is 0 Å². The molecule has 0 atom stereocenters. The molecule has 0 aliphatic carbocycles. The van der Waals surface area contributed by atoms with Crippen molar-refractivity contribution in [3.8, 4) is 0 Å². The zero-order valence-corrected chi connectivity index (χ0v) is 5.51. The summed E-state index contributed by atoms with van der Waals surface area (Å²) in [5.74, 6) is 0. The average Bonchev–Trinajstić information content (AvgIpc) is 1.27.